The summed E-state index contributed by atoms with van der Waals surface area (Å²) in [6.07, 6.45) is 6.31. The van der Waals surface area contributed by atoms with Crippen LogP contribution in [0.3, 0.4) is 0 Å². The summed E-state index contributed by atoms with van der Waals surface area (Å²) in [4.78, 5) is 2.48. The third-order valence-corrected chi connectivity index (χ3v) is 5.17. The predicted octanol–water partition coefficient (Wildman–Crippen LogP) is 3.36. The van der Waals surface area contributed by atoms with Crippen LogP contribution in [0.2, 0.25) is 0 Å². The van der Waals surface area contributed by atoms with Crippen molar-refractivity contribution < 1.29 is 9.13 Å². The molecule has 0 spiro atoms. The molecule has 1 aromatic rings. The smallest absolute Gasteiger partial charge is 0.169 e. The van der Waals surface area contributed by atoms with E-state index in [0.717, 1.165) is 31.7 Å². The van der Waals surface area contributed by atoms with Crippen LogP contribution in [0.15, 0.2) is 18.2 Å². The van der Waals surface area contributed by atoms with E-state index in [2.05, 4.69) is 10.2 Å². The van der Waals surface area contributed by atoms with Gasteiger partial charge in [0.05, 0.1) is 7.11 Å². The second kappa shape index (κ2) is 7.42. The molecule has 22 heavy (non-hydrogen) atoms. The molecule has 1 saturated heterocycles. The fourth-order valence-electron chi connectivity index (χ4n) is 4.07. The molecule has 1 atom stereocenters. The highest BCUT2D eigenvalue weighted by molar-refractivity contribution is 5.33. The van der Waals surface area contributed by atoms with Crippen molar-refractivity contribution in [2.24, 2.45) is 5.92 Å². The summed E-state index contributed by atoms with van der Waals surface area (Å²) in [5.41, 5.74) is 0.827. The van der Waals surface area contributed by atoms with Gasteiger partial charge in [0.15, 0.2) is 11.6 Å². The van der Waals surface area contributed by atoms with Gasteiger partial charge in [-0.1, -0.05) is 31.4 Å². The number of halogens is 1. The van der Waals surface area contributed by atoms with Crippen LogP contribution in [0.25, 0.3) is 0 Å². The molecule has 3 nitrogen and oxygen atoms in total. The van der Waals surface area contributed by atoms with Gasteiger partial charge in [0.25, 0.3) is 0 Å². The molecule has 1 heterocycles. The monoisotopic (exact) mass is 306 g/mol. The highest BCUT2D eigenvalue weighted by atomic mass is 19.1. The van der Waals surface area contributed by atoms with Crippen LogP contribution in [0.1, 0.15) is 43.7 Å². The molecule has 0 amide bonds. The molecule has 4 heteroatoms. The highest BCUT2D eigenvalue weighted by Gasteiger charge is 2.33. The summed E-state index contributed by atoms with van der Waals surface area (Å²) in [5, 5.41) is 3.40. The van der Waals surface area contributed by atoms with Gasteiger partial charge in [-0.2, -0.15) is 0 Å². The maximum Gasteiger partial charge on any atom is 0.169 e. The summed E-state index contributed by atoms with van der Waals surface area (Å²) in [6.45, 7) is 3.99. The molecule has 0 bridgehead atoms. The molecule has 0 radical (unpaired) electrons. The Hall–Kier alpha value is -1.13. The third kappa shape index (κ3) is 3.28. The number of methoxy groups -OCH3 is 1. The quantitative estimate of drug-likeness (QED) is 0.923. The van der Waals surface area contributed by atoms with Crippen molar-refractivity contribution in [1.29, 1.82) is 0 Å². The molecular weight excluding hydrogens is 279 g/mol. The van der Waals surface area contributed by atoms with Gasteiger partial charge in [0, 0.05) is 37.8 Å². The van der Waals surface area contributed by atoms with E-state index in [1.54, 1.807) is 13.2 Å². The minimum Gasteiger partial charge on any atom is -0.494 e. The van der Waals surface area contributed by atoms with E-state index in [9.17, 15) is 4.39 Å². The van der Waals surface area contributed by atoms with Crippen molar-refractivity contribution in [3.8, 4) is 5.75 Å². The Morgan fingerprint density at radius 2 is 1.91 bits per heavy atom. The second-order valence-electron chi connectivity index (χ2n) is 6.49. The molecule has 1 saturated carbocycles. The summed E-state index contributed by atoms with van der Waals surface area (Å²) in [5.74, 6) is 0.765. The van der Waals surface area contributed by atoms with Gasteiger partial charge in [-0.3, -0.25) is 4.90 Å². The van der Waals surface area contributed by atoms with Crippen LogP contribution < -0.4 is 10.1 Å². The molecule has 1 aromatic carbocycles. The summed E-state index contributed by atoms with van der Waals surface area (Å²) >= 11 is 0. The van der Waals surface area contributed by atoms with Crippen molar-refractivity contribution in [1.82, 2.24) is 10.2 Å². The van der Waals surface area contributed by atoms with Crippen LogP contribution in [0.4, 0.5) is 4.39 Å². The molecule has 3 rings (SSSR count). The molecule has 2 fully saturated rings. The zero-order valence-corrected chi connectivity index (χ0v) is 13.5. The van der Waals surface area contributed by atoms with Crippen molar-refractivity contribution in [2.75, 3.05) is 33.3 Å². The van der Waals surface area contributed by atoms with E-state index in [1.165, 1.54) is 32.1 Å². The molecule has 0 aromatic heterocycles. The van der Waals surface area contributed by atoms with Crippen molar-refractivity contribution in [3.05, 3.63) is 29.6 Å². The lowest BCUT2D eigenvalue weighted by Crippen LogP contribution is -2.47. The van der Waals surface area contributed by atoms with Crippen LogP contribution in [-0.4, -0.2) is 38.2 Å². The minimum absolute atomic E-state index is 0.167. The van der Waals surface area contributed by atoms with E-state index in [0.29, 0.717) is 11.7 Å². The number of ether oxygens (including phenoxy) is 1. The van der Waals surface area contributed by atoms with E-state index in [4.69, 9.17) is 4.74 Å². The van der Waals surface area contributed by atoms with Gasteiger partial charge in [-0.05, 0) is 24.8 Å². The molecule has 122 valence electrons. The summed E-state index contributed by atoms with van der Waals surface area (Å²) in [7, 11) is 1.54. The Morgan fingerprint density at radius 3 is 2.59 bits per heavy atom. The van der Waals surface area contributed by atoms with Gasteiger partial charge in [0.2, 0.25) is 0 Å². The van der Waals surface area contributed by atoms with Crippen LogP contribution in [0, 0.1) is 11.7 Å². The Labute approximate surface area is 132 Å². The molecule has 2 aliphatic rings. The first-order valence-corrected chi connectivity index (χ1v) is 8.58. The summed E-state index contributed by atoms with van der Waals surface area (Å²) < 4.78 is 20.1. The number of rotatable bonds is 4. The van der Waals surface area contributed by atoms with Gasteiger partial charge in [-0.25, -0.2) is 4.39 Å². The number of hydrogen-bond donors (Lipinski definition) is 1. The van der Waals surface area contributed by atoms with Crippen molar-refractivity contribution >= 4 is 0 Å². The normalized spacial score (nSPS) is 22.5. The maximum absolute atomic E-state index is 14.9. The molecule has 0 unspecified atom stereocenters. The lowest BCUT2D eigenvalue weighted by atomic mass is 9.80. The molecular formula is C18H27FN2O. The SMILES string of the molecule is COc1cccc([C@@H](C2CCCCC2)N2CCNCC2)c1F. The van der Waals surface area contributed by atoms with E-state index >= 15 is 0 Å². The summed E-state index contributed by atoms with van der Waals surface area (Å²) in [6, 6.07) is 5.79. The first kappa shape index (κ1) is 15.8. The van der Waals surface area contributed by atoms with Crippen molar-refractivity contribution in [3.63, 3.8) is 0 Å². The first-order valence-electron chi connectivity index (χ1n) is 8.58. The standard InChI is InChI=1S/C18H27FN2O/c1-22-16-9-5-8-15(17(16)19)18(14-6-3-2-4-7-14)21-12-10-20-11-13-21/h5,8-9,14,18,20H,2-4,6-7,10-13H2,1H3/t18-/m1/s1. The zero-order chi connectivity index (χ0) is 15.4. The highest BCUT2D eigenvalue weighted by Crippen LogP contribution is 2.40. The second-order valence-corrected chi connectivity index (χ2v) is 6.49. The van der Waals surface area contributed by atoms with Gasteiger partial charge in [-0.15, -0.1) is 0 Å². The fourth-order valence-corrected chi connectivity index (χ4v) is 4.07. The molecule has 1 N–H and O–H groups in total. The number of hydrogen-bond acceptors (Lipinski definition) is 3. The van der Waals surface area contributed by atoms with Crippen LogP contribution >= 0.6 is 0 Å². The van der Waals surface area contributed by atoms with Crippen molar-refractivity contribution in [2.45, 2.75) is 38.1 Å². The van der Waals surface area contributed by atoms with Gasteiger partial charge >= 0.3 is 0 Å². The molecule has 1 aliphatic carbocycles. The maximum atomic E-state index is 14.9. The average Bonchev–Trinajstić information content (AvgIpc) is 2.59. The Kier molecular flexibility index (Phi) is 5.32. The Morgan fingerprint density at radius 1 is 1.18 bits per heavy atom. The van der Waals surface area contributed by atoms with E-state index in [-0.39, 0.29) is 11.9 Å². The van der Waals surface area contributed by atoms with Gasteiger partial charge in [0.1, 0.15) is 0 Å². The Bertz CT molecular complexity index is 464. The number of benzene rings is 1. The average molecular weight is 306 g/mol. The number of nitrogens with zero attached hydrogens (tertiary/aromatic N) is 1. The van der Waals surface area contributed by atoms with Crippen LogP contribution in [0.5, 0.6) is 5.75 Å². The third-order valence-electron chi connectivity index (χ3n) is 5.17. The zero-order valence-electron chi connectivity index (χ0n) is 13.5. The minimum atomic E-state index is -0.167. The Balaban J connectivity index is 1.93. The lowest BCUT2D eigenvalue weighted by Gasteiger charge is -2.41. The van der Waals surface area contributed by atoms with Gasteiger partial charge < -0.3 is 10.1 Å². The van der Waals surface area contributed by atoms with Crippen LogP contribution in [-0.2, 0) is 0 Å². The predicted molar refractivity (Wildman–Crippen MR) is 86.7 cm³/mol. The van der Waals surface area contributed by atoms with E-state index < -0.39 is 0 Å². The molecule has 1 aliphatic heterocycles. The lowest BCUT2D eigenvalue weighted by molar-refractivity contribution is 0.100. The fraction of sp³-hybridized carbons (Fsp3) is 0.667. The number of piperazine rings is 1. The van der Waals surface area contributed by atoms with E-state index in [1.807, 2.05) is 12.1 Å². The number of nitrogens with one attached hydrogen (secondary N) is 1. The largest absolute Gasteiger partial charge is 0.494 e. The topological polar surface area (TPSA) is 24.5 Å². The first-order chi connectivity index (χ1) is 10.8.